The summed E-state index contributed by atoms with van der Waals surface area (Å²) in [7, 11) is 1.40. The summed E-state index contributed by atoms with van der Waals surface area (Å²) in [5.74, 6) is -3.06. The van der Waals surface area contributed by atoms with Crippen molar-refractivity contribution in [3.63, 3.8) is 0 Å². The van der Waals surface area contributed by atoms with E-state index in [9.17, 15) is 24.3 Å². The molecule has 1 aromatic heterocycles. The first-order valence-electron chi connectivity index (χ1n) is 9.54. The Bertz CT molecular complexity index is 1030. The van der Waals surface area contributed by atoms with Crippen LogP contribution in [0.5, 0.6) is 11.5 Å². The minimum absolute atomic E-state index is 0.0207. The number of esters is 3. The number of phenolic OH excluding ortho intramolecular Hbond substituents is 1. The maximum atomic E-state index is 12.4. The number of nitrogens with one attached hydrogen (secondary N) is 1. The molecule has 10 nitrogen and oxygen atoms in total. The second-order valence-corrected chi connectivity index (χ2v) is 7.23. The third-order valence-electron chi connectivity index (χ3n) is 4.10. The molecule has 2 rings (SSSR count). The molecule has 0 atom stereocenters. The van der Waals surface area contributed by atoms with Crippen LogP contribution in [0.1, 0.15) is 49.8 Å². The van der Waals surface area contributed by atoms with Crippen molar-refractivity contribution in [2.24, 2.45) is 0 Å². The van der Waals surface area contributed by atoms with Crippen LogP contribution in [0.3, 0.4) is 0 Å². The van der Waals surface area contributed by atoms with E-state index in [1.54, 1.807) is 13.8 Å². The van der Waals surface area contributed by atoms with Crippen LogP contribution in [0.2, 0.25) is 0 Å². The SMILES string of the molecule is CCOC(=O)c1sc(NC(=O)COC(=O)c2ccc(OC)cc2O)c(C(=O)OCC)c1C. The number of carbonyl (C=O) groups is 4. The Labute approximate surface area is 188 Å². The summed E-state index contributed by atoms with van der Waals surface area (Å²) in [6.07, 6.45) is 0. The molecule has 0 saturated heterocycles. The van der Waals surface area contributed by atoms with Crippen LogP contribution in [-0.2, 0) is 19.0 Å². The Morgan fingerprint density at radius 1 is 1.00 bits per heavy atom. The lowest BCUT2D eigenvalue weighted by atomic mass is 10.1. The number of rotatable bonds is 9. The van der Waals surface area contributed by atoms with Gasteiger partial charge in [-0.15, -0.1) is 11.3 Å². The zero-order valence-corrected chi connectivity index (χ0v) is 18.8. The normalized spacial score (nSPS) is 10.2. The maximum Gasteiger partial charge on any atom is 0.348 e. The Hall–Kier alpha value is -3.60. The summed E-state index contributed by atoms with van der Waals surface area (Å²) in [5.41, 5.74) is 0.178. The van der Waals surface area contributed by atoms with E-state index < -0.39 is 30.4 Å². The molecule has 32 heavy (non-hydrogen) atoms. The summed E-state index contributed by atoms with van der Waals surface area (Å²) in [4.78, 5) is 49.2. The van der Waals surface area contributed by atoms with E-state index in [0.29, 0.717) is 11.3 Å². The first kappa shape index (κ1) is 24.7. The summed E-state index contributed by atoms with van der Waals surface area (Å²) >= 11 is 0.852. The molecule has 2 N–H and O–H groups in total. The molecule has 0 bridgehead atoms. The van der Waals surface area contributed by atoms with Gasteiger partial charge in [0, 0.05) is 6.07 Å². The van der Waals surface area contributed by atoms with E-state index in [1.807, 2.05) is 0 Å². The molecule has 0 saturated carbocycles. The number of hydrogen-bond acceptors (Lipinski definition) is 10. The minimum Gasteiger partial charge on any atom is -0.507 e. The number of benzene rings is 1. The predicted octanol–water partition coefficient (Wildman–Crippen LogP) is 2.92. The average Bonchev–Trinajstić information content (AvgIpc) is 3.08. The number of carbonyl (C=O) groups excluding carboxylic acids is 4. The number of methoxy groups -OCH3 is 1. The number of anilines is 1. The highest BCUT2D eigenvalue weighted by atomic mass is 32.1. The average molecular weight is 465 g/mol. The van der Waals surface area contributed by atoms with Crippen LogP contribution < -0.4 is 10.1 Å². The molecule has 1 heterocycles. The van der Waals surface area contributed by atoms with Crippen LogP contribution in [0.25, 0.3) is 0 Å². The second kappa shape index (κ2) is 11.1. The van der Waals surface area contributed by atoms with Gasteiger partial charge in [0.15, 0.2) is 6.61 Å². The van der Waals surface area contributed by atoms with Crippen molar-refractivity contribution in [2.75, 3.05) is 32.2 Å². The first-order valence-corrected chi connectivity index (χ1v) is 10.4. The molecular formula is C21H23NO9S. The first-order chi connectivity index (χ1) is 15.2. The monoisotopic (exact) mass is 465 g/mol. The number of hydrogen-bond donors (Lipinski definition) is 2. The van der Waals surface area contributed by atoms with Gasteiger partial charge >= 0.3 is 17.9 Å². The molecule has 2 aromatic rings. The van der Waals surface area contributed by atoms with Crippen molar-refractivity contribution in [1.82, 2.24) is 0 Å². The van der Waals surface area contributed by atoms with E-state index in [0.717, 1.165) is 11.3 Å². The fourth-order valence-corrected chi connectivity index (χ4v) is 3.73. The lowest BCUT2D eigenvalue weighted by Crippen LogP contribution is -2.21. The van der Waals surface area contributed by atoms with E-state index >= 15 is 0 Å². The van der Waals surface area contributed by atoms with Crippen molar-refractivity contribution in [3.05, 3.63) is 39.8 Å². The highest BCUT2D eigenvalue weighted by Crippen LogP contribution is 2.34. The standard InChI is InChI=1S/C21H23NO9S/c1-5-29-20(26)16-11(3)17(21(27)30-6-2)32-18(16)22-15(24)10-31-19(25)13-8-7-12(28-4)9-14(13)23/h7-9,23H,5-6,10H2,1-4H3,(H,22,24). The van der Waals surface area contributed by atoms with Crippen molar-refractivity contribution in [2.45, 2.75) is 20.8 Å². The van der Waals surface area contributed by atoms with Gasteiger partial charge in [-0.25, -0.2) is 14.4 Å². The largest absolute Gasteiger partial charge is 0.507 e. The molecule has 1 aromatic carbocycles. The Balaban J connectivity index is 2.16. The fraction of sp³-hybridized carbons (Fsp3) is 0.333. The van der Waals surface area contributed by atoms with Crippen LogP contribution in [0.15, 0.2) is 18.2 Å². The third-order valence-corrected chi connectivity index (χ3v) is 5.29. The quantitative estimate of drug-likeness (QED) is 0.423. The minimum atomic E-state index is -0.930. The van der Waals surface area contributed by atoms with Gasteiger partial charge in [0.2, 0.25) is 0 Å². The molecule has 0 unspecified atom stereocenters. The van der Waals surface area contributed by atoms with Crippen LogP contribution in [-0.4, -0.2) is 55.9 Å². The highest BCUT2D eigenvalue weighted by molar-refractivity contribution is 7.18. The van der Waals surface area contributed by atoms with Crippen molar-refractivity contribution >= 4 is 40.2 Å². The Kier molecular flexibility index (Phi) is 8.59. The van der Waals surface area contributed by atoms with Gasteiger partial charge in [-0.1, -0.05) is 0 Å². The van der Waals surface area contributed by atoms with E-state index in [1.165, 1.54) is 32.2 Å². The lowest BCUT2D eigenvalue weighted by Gasteiger charge is -2.09. The van der Waals surface area contributed by atoms with Crippen molar-refractivity contribution in [3.8, 4) is 11.5 Å². The van der Waals surface area contributed by atoms with Crippen LogP contribution in [0, 0.1) is 6.92 Å². The van der Waals surface area contributed by atoms with Gasteiger partial charge in [0.05, 0.1) is 25.9 Å². The summed E-state index contributed by atoms with van der Waals surface area (Å²) in [6, 6.07) is 3.97. The number of thiophene rings is 1. The van der Waals surface area contributed by atoms with Gasteiger partial charge in [0.25, 0.3) is 5.91 Å². The molecule has 172 valence electrons. The fourth-order valence-electron chi connectivity index (χ4n) is 2.62. The number of amides is 1. The Morgan fingerprint density at radius 3 is 2.25 bits per heavy atom. The molecule has 0 aliphatic heterocycles. The number of phenols is 1. The smallest absolute Gasteiger partial charge is 0.348 e. The summed E-state index contributed by atoms with van der Waals surface area (Å²) in [5, 5.41) is 12.4. The molecule has 0 aliphatic rings. The topological polar surface area (TPSA) is 137 Å². The van der Waals surface area contributed by atoms with Gasteiger partial charge in [-0.3, -0.25) is 4.79 Å². The molecular weight excluding hydrogens is 442 g/mol. The third kappa shape index (κ3) is 5.76. The molecule has 0 radical (unpaired) electrons. The summed E-state index contributed by atoms with van der Waals surface area (Å²) < 4.78 is 19.9. The van der Waals surface area contributed by atoms with Gasteiger partial charge < -0.3 is 29.4 Å². The van der Waals surface area contributed by atoms with Crippen LogP contribution >= 0.6 is 11.3 Å². The maximum absolute atomic E-state index is 12.4. The molecule has 11 heteroatoms. The van der Waals surface area contributed by atoms with Gasteiger partial charge in [-0.2, -0.15) is 0 Å². The van der Waals surface area contributed by atoms with E-state index in [-0.39, 0.29) is 40.0 Å². The lowest BCUT2D eigenvalue weighted by molar-refractivity contribution is -0.119. The number of ether oxygens (including phenoxy) is 4. The molecule has 0 spiro atoms. The second-order valence-electron chi connectivity index (χ2n) is 6.21. The number of aromatic hydroxyl groups is 1. The predicted molar refractivity (Wildman–Crippen MR) is 115 cm³/mol. The van der Waals surface area contributed by atoms with Crippen LogP contribution in [0.4, 0.5) is 5.00 Å². The molecule has 0 aliphatic carbocycles. The molecule has 1 amide bonds. The zero-order chi connectivity index (χ0) is 23.8. The van der Waals surface area contributed by atoms with Gasteiger partial charge in [0.1, 0.15) is 26.9 Å². The summed E-state index contributed by atoms with van der Waals surface area (Å²) in [6.45, 7) is 4.35. The Morgan fingerprint density at radius 2 is 1.66 bits per heavy atom. The van der Waals surface area contributed by atoms with Crippen molar-refractivity contribution in [1.29, 1.82) is 0 Å². The van der Waals surface area contributed by atoms with E-state index in [2.05, 4.69) is 5.32 Å². The molecule has 0 fully saturated rings. The highest BCUT2D eigenvalue weighted by Gasteiger charge is 2.27. The van der Waals surface area contributed by atoms with Gasteiger partial charge in [-0.05, 0) is 38.5 Å². The van der Waals surface area contributed by atoms with E-state index in [4.69, 9.17) is 18.9 Å². The van der Waals surface area contributed by atoms with Crippen molar-refractivity contribution < 1.29 is 43.2 Å². The zero-order valence-electron chi connectivity index (χ0n) is 18.0.